The van der Waals surface area contributed by atoms with E-state index >= 15 is 0 Å². The molecule has 28 heavy (non-hydrogen) atoms. The maximum Gasteiger partial charge on any atom is 0.287 e. The van der Waals surface area contributed by atoms with Crippen molar-refractivity contribution in [3.8, 4) is 22.4 Å². The zero-order valence-electron chi connectivity index (χ0n) is 15.1. The fourth-order valence-corrected chi connectivity index (χ4v) is 3.13. The SMILES string of the molecule is O=C(C[n+]1ccc(-c2ccc(-c3ccccc3)cc2)nc1)c1ccc(Cl)cc1. The van der Waals surface area contributed by atoms with Gasteiger partial charge in [0.2, 0.25) is 5.78 Å². The summed E-state index contributed by atoms with van der Waals surface area (Å²) in [5, 5.41) is 0.619. The molecule has 1 aromatic heterocycles. The number of benzene rings is 3. The molecule has 0 unspecified atom stereocenters. The first kappa shape index (κ1) is 18.1. The van der Waals surface area contributed by atoms with Gasteiger partial charge in [0, 0.05) is 22.2 Å². The van der Waals surface area contributed by atoms with Crippen LogP contribution < -0.4 is 4.57 Å². The van der Waals surface area contributed by atoms with Crippen LogP contribution in [0.2, 0.25) is 5.02 Å². The zero-order chi connectivity index (χ0) is 19.3. The molecule has 0 N–H and O–H groups in total. The largest absolute Gasteiger partial charge is 0.290 e. The second-order valence-corrected chi connectivity index (χ2v) is 6.93. The Bertz CT molecular complexity index is 1070. The van der Waals surface area contributed by atoms with Crippen molar-refractivity contribution >= 4 is 17.4 Å². The van der Waals surface area contributed by atoms with Gasteiger partial charge in [-0.3, -0.25) is 4.79 Å². The van der Waals surface area contributed by atoms with Gasteiger partial charge in [0.25, 0.3) is 6.33 Å². The first-order valence-electron chi connectivity index (χ1n) is 8.99. The Hall–Kier alpha value is -3.30. The molecule has 0 aliphatic heterocycles. The van der Waals surface area contributed by atoms with Crippen molar-refractivity contribution in [2.75, 3.05) is 0 Å². The van der Waals surface area contributed by atoms with Gasteiger partial charge in [0.05, 0.1) is 6.20 Å². The fraction of sp³-hybridized carbons (Fsp3) is 0.0417. The number of nitrogens with zero attached hydrogens (tertiary/aromatic N) is 2. The second-order valence-electron chi connectivity index (χ2n) is 6.49. The topological polar surface area (TPSA) is 33.8 Å². The van der Waals surface area contributed by atoms with Crippen molar-refractivity contribution in [3.05, 3.63) is 108 Å². The Morgan fingerprint density at radius 1 is 0.786 bits per heavy atom. The summed E-state index contributed by atoms with van der Waals surface area (Å²) in [6.45, 7) is 0.238. The van der Waals surface area contributed by atoms with Gasteiger partial charge < -0.3 is 0 Å². The number of carbonyl (C=O) groups excluding carboxylic acids is 1. The first-order valence-corrected chi connectivity index (χ1v) is 9.36. The molecule has 0 radical (unpaired) electrons. The predicted molar refractivity (Wildman–Crippen MR) is 111 cm³/mol. The Morgan fingerprint density at radius 3 is 2.07 bits per heavy atom. The highest BCUT2D eigenvalue weighted by Crippen LogP contribution is 2.23. The lowest BCUT2D eigenvalue weighted by Crippen LogP contribution is -2.37. The Labute approximate surface area is 168 Å². The van der Waals surface area contributed by atoms with E-state index in [0.29, 0.717) is 10.6 Å². The van der Waals surface area contributed by atoms with E-state index in [1.165, 1.54) is 11.1 Å². The highest BCUT2D eigenvalue weighted by Gasteiger charge is 2.12. The molecule has 0 spiro atoms. The molecular formula is C24H18ClN2O+. The molecule has 0 bridgehead atoms. The third-order valence-corrected chi connectivity index (χ3v) is 4.80. The van der Waals surface area contributed by atoms with E-state index in [1.54, 1.807) is 35.2 Å². The predicted octanol–water partition coefficient (Wildman–Crippen LogP) is 5.24. The Morgan fingerprint density at radius 2 is 1.43 bits per heavy atom. The Balaban J connectivity index is 1.47. The van der Waals surface area contributed by atoms with Crippen LogP contribution in [-0.2, 0) is 6.54 Å². The minimum atomic E-state index is 0.0171. The number of hydrogen-bond acceptors (Lipinski definition) is 2. The lowest BCUT2D eigenvalue weighted by atomic mass is 10.0. The summed E-state index contributed by atoms with van der Waals surface area (Å²) in [6, 6.07) is 27.4. The van der Waals surface area contributed by atoms with Crippen LogP contribution >= 0.6 is 11.6 Å². The van der Waals surface area contributed by atoms with Gasteiger partial charge >= 0.3 is 0 Å². The number of ketones is 1. The van der Waals surface area contributed by atoms with Crippen molar-refractivity contribution in [2.45, 2.75) is 6.54 Å². The van der Waals surface area contributed by atoms with Crippen LogP contribution in [0.3, 0.4) is 0 Å². The number of halogens is 1. The van der Waals surface area contributed by atoms with E-state index < -0.39 is 0 Å². The summed E-state index contributed by atoms with van der Waals surface area (Å²) in [4.78, 5) is 16.9. The molecule has 0 aliphatic carbocycles. The van der Waals surface area contributed by atoms with Crippen molar-refractivity contribution in [1.29, 1.82) is 0 Å². The van der Waals surface area contributed by atoms with Crippen LogP contribution in [0.1, 0.15) is 10.4 Å². The molecule has 4 rings (SSSR count). The third kappa shape index (κ3) is 4.16. The lowest BCUT2D eigenvalue weighted by Gasteiger charge is -2.03. The lowest BCUT2D eigenvalue weighted by molar-refractivity contribution is -0.686. The highest BCUT2D eigenvalue weighted by atomic mass is 35.5. The fourth-order valence-electron chi connectivity index (χ4n) is 3.01. The van der Waals surface area contributed by atoms with Gasteiger partial charge in [0.15, 0.2) is 12.2 Å². The quantitative estimate of drug-likeness (QED) is 0.348. The van der Waals surface area contributed by atoms with Crippen molar-refractivity contribution in [1.82, 2.24) is 4.98 Å². The summed E-state index contributed by atoms with van der Waals surface area (Å²) < 4.78 is 1.78. The van der Waals surface area contributed by atoms with Gasteiger partial charge in [-0.1, -0.05) is 54.1 Å². The van der Waals surface area contributed by atoms with Crippen LogP contribution in [0, 0.1) is 0 Å². The van der Waals surface area contributed by atoms with Crippen molar-refractivity contribution in [2.24, 2.45) is 0 Å². The molecule has 0 aliphatic rings. The van der Waals surface area contributed by atoms with Gasteiger partial charge in [-0.05, 0) is 52.5 Å². The summed E-state index contributed by atoms with van der Waals surface area (Å²) in [5.74, 6) is 0.0171. The Kier molecular flexibility index (Phi) is 5.27. The number of carbonyl (C=O) groups is 1. The van der Waals surface area contributed by atoms with Crippen LogP contribution in [0.15, 0.2) is 97.5 Å². The maximum absolute atomic E-state index is 12.4. The average Bonchev–Trinajstić information content (AvgIpc) is 2.75. The van der Waals surface area contributed by atoms with Gasteiger partial charge in [-0.25, -0.2) is 4.57 Å². The molecule has 4 aromatic rings. The summed E-state index contributed by atoms with van der Waals surface area (Å²) in [7, 11) is 0. The first-order chi connectivity index (χ1) is 13.7. The second kappa shape index (κ2) is 8.15. The molecule has 3 nitrogen and oxygen atoms in total. The molecule has 4 heteroatoms. The van der Waals surface area contributed by atoms with Gasteiger partial charge in [-0.15, -0.1) is 0 Å². The summed E-state index contributed by atoms with van der Waals surface area (Å²) in [6.07, 6.45) is 3.56. The van der Waals surface area contributed by atoms with E-state index in [1.807, 2.05) is 30.5 Å². The molecule has 0 fully saturated rings. The van der Waals surface area contributed by atoms with Crippen molar-refractivity contribution < 1.29 is 9.36 Å². The number of rotatable bonds is 5. The van der Waals surface area contributed by atoms with E-state index in [2.05, 4.69) is 41.4 Å². The number of Topliss-reactive ketones (excluding diaryl/α,β-unsaturated/α-hetero) is 1. The minimum Gasteiger partial charge on any atom is -0.290 e. The van der Waals surface area contributed by atoms with Crippen LogP contribution in [0.4, 0.5) is 0 Å². The maximum atomic E-state index is 12.4. The van der Waals surface area contributed by atoms with Gasteiger partial charge in [-0.2, -0.15) is 0 Å². The highest BCUT2D eigenvalue weighted by molar-refractivity contribution is 6.30. The third-order valence-electron chi connectivity index (χ3n) is 4.55. The summed E-state index contributed by atoms with van der Waals surface area (Å²) in [5.41, 5.74) is 4.90. The van der Waals surface area contributed by atoms with E-state index in [4.69, 9.17) is 11.6 Å². The van der Waals surface area contributed by atoms with E-state index in [9.17, 15) is 4.79 Å². The van der Waals surface area contributed by atoms with Crippen LogP contribution in [0.25, 0.3) is 22.4 Å². The molecule has 0 saturated carbocycles. The molecule has 1 heterocycles. The molecule has 136 valence electrons. The molecule has 0 amide bonds. The van der Waals surface area contributed by atoms with E-state index in [-0.39, 0.29) is 12.3 Å². The van der Waals surface area contributed by atoms with Crippen molar-refractivity contribution in [3.63, 3.8) is 0 Å². The van der Waals surface area contributed by atoms with Gasteiger partial charge in [0.1, 0.15) is 0 Å². The van der Waals surface area contributed by atoms with Crippen LogP contribution in [0.5, 0.6) is 0 Å². The van der Waals surface area contributed by atoms with Crippen LogP contribution in [-0.4, -0.2) is 10.8 Å². The van der Waals surface area contributed by atoms with E-state index in [0.717, 1.165) is 11.3 Å². The monoisotopic (exact) mass is 385 g/mol. The number of hydrogen-bond donors (Lipinski definition) is 0. The number of aromatic nitrogens is 2. The average molecular weight is 386 g/mol. The standard InChI is InChI=1S/C24H18ClN2O/c25-22-12-10-21(11-13-22)24(28)16-27-15-14-23(26-17-27)20-8-6-19(7-9-20)18-4-2-1-3-5-18/h1-15,17H,16H2/q+1. The molecule has 3 aromatic carbocycles. The normalized spacial score (nSPS) is 10.6. The molecule has 0 atom stereocenters. The minimum absolute atomic E-state index is 0.0171. The summed E-state index contributed by atoms with van der Waals surface area (Å²) >= 11 is 5.87. The zero-order valence-corrected chi connectivity index (χ0v) is 15.9. The molecule has 0 saturated heterocycles. The molecular weight excluding hydrogens is 368 g/mol. The smallest absolute Gasteiger partial charge is 0.287 e.